The molecule has 0 radical (unpaired) electrons. The molecular weight excluding hydrogens is 458 g/mol. The third kappa shape index (κ3) is 4.38. The van der Waals surface area contributed by atoms with Crippen molar-refractivity contribution in [3.63, 3.8) is 0 Å². The van der Waals surface area contributed by atoms with E-state index in [4.69, 9.17) is 4.98 Å². The molecule has 174 valence electrons. The molecule has 5 rings (SSSR count). The molecule has 0 aliphatic carbocycles. The van der Waals surface area contributed by atoms with Crippen molar-refractivity contribution >= 4 is 29.1 Å². The summed E-state index contributed by atoms with van der Waals surface area (Å²) < 4.78 is 0. The van der Waals surface area contributed by atoms with E-state index >= 15 is 0 Å². The number of aromatic nitrogens is 1. The van der Waals surface area contributed by atoms with Gasteiger partial charge in [-0.25, -0.2) is 4.98 Å². The lowest BCUT2D eigenvalue weighted by Gasteiger charge is -2.21. The third-order valence-corrected chi connectivity index (χ3v) is 7.00. The van der Waals surface area contributed by atoms with Crippen LogP contribution in [-0.4, -0.2) is 33.6 Å². The number of imide groups is 1. The van der Waals surface area contributed by atoms with Crippen LogP contribution in [0.25, 0.3) is 21.8 Å². The number of hydrogen-bond acceptors (Lipinski definition) is 5. The second-order valence-corrected chi connectivity index (χ2v) is 9.38. The monoisotopic (exact) mass is 481 g/mol. The zero-order valence-electron chi connectivity index (χ0n) is 19.3. The Balaban J connectivity index is 1.21. The van der Waals surface area contributed by atoms with Gasteiger partial charge in [0.15, 0.2) is 0 Å². The number of aryl methyl sites for hydroxylation is 1. The summed E-state index contributed by atoms with van der Waals surface area (Å²) in [6.45, 7) is 3.92. The van der Waals surface area contributed by atoms with Crippen molar-refractivity contribution in [2.75, 3.05) is 0 Å². The van der Waals surface area contributed by atoms with Crippen molar-refractivity contribution < 1.29 is 14.4 Å². The van der Waals surface area contributed by atoms with Crippen LogP contribution >= 0.6 is 11.3 Å². The van der Waals surface area contributed by atoms with Gasteiger partial charge in [-0.2, -0.15) is 0 Å². The first kappa shape index (κ1) is 22.7. The number of fused-ring (bicyclic) bond motifs is 1. The molecule has 0 fully saturated rings. The van der Waals surface area contributed by atoms with Crippen LogP contribution in [0.5, 0.6) is 0 Å². The number of amides is 3. The molecule has 0 saturated carbocycles. The van der Waals surface area contributed by atoms with Crippen molar-refractivity contribution in [1.82, 2.24) is 15.2 Å². The van der Waals surface area contributed by atoms with E-state index in [2.05, 4.69) is 41.9 Å². The molecule has 1 atom stereocenters. The van der Waals surface area contributed by atoms with Crippen LogP contribution in [0.2, 0.25) is 0 Å². The Kier molecular flexibility index (Phi) is 6.01. The molecule has 1 aromatic heterocycles. The number of nitrogens with zero attached hydrogens (tertiary/aromatic N) is 2. The Hall–Kier alpha value is -4.10. The predicted molar refractivity (Wildman–Crippen MR) is 136 cm³/mol. The second-order valence-electron chi connectivity index (χ2n) is 8.52. The molecule has 0 spiro atoms. The highest BCUT2D eigenvalue weighted by Gasteiger charge is 2.40. The summed E-state index contributed by atoms with van der Waals surface area (Å²) in [6.07, 6.45) is 0. The number of hydrogen-bond donors (Lipinski definition) is 1. The molecule has 1 aliphatic rings. The van der Waals surface area contributed by atoms with Gasteiger partial charge in [-0.1, -0.05) is 66.2 Å². The number of benzene rings is 3. The normalized spacial score (nSPS) is 13.6. The number of carbonyl (C=O) groups excluding carboxylic acids is 3. The van der Waals surface area contributed by atoms with Crippen molar-refractivity contribution in [2.24, 2.45) is 0 Å². The first-order chi connectivity index (χ1) is 16.9. The summed E-state index contributed by atoms with van der Waals surface area (Å²) in [5.74, 6) is -1.26. The molecule has 4 aromatic rings. The molecule has 3 amide bonds. The van der Waals surface area contributed by atoms with Gasteiger partial charge in [0.25, 0.3) is 11.8 Å². The van der Waals surface area contributed by atoms with E-state index in [1.165, 1.54) is 5.56 Å². The van der Waals surface area contributed by atoms with Gasteiger partial charge in [0.1, 0.15) is 11.0 Å². The van der Waals surface area contributed by atoms with E-state index in [-0.39, 0.29) is 5.91 Å². The van der Waals surface area contributed by atoms with Gasteiger partial charge in [0, 0.05) is 23.1 Å². The van der Waals surface area contributed by atoms with Crippen LogP contribution in [-0.2, 0) is 11.3 Å². The van der Waals surface area contributed by atoms with Crippen molar-refractivity contribution in [3.05, 3.63) is 100 Å². The average Bonchev–Trinajstić information content (AvgIpc) is 3.47. The van der Waals surface area contributed by atoms with Gasteiger partial charge in [0.05, 0.1) is 16.8 Å². The van der Waals surface area contributed by atoms with Crippen LogP contribution in [0.1, 0.15) is 38.8 Å². The van der Waals surface area contributed by atoms with Crippen LogP contribution in [0.3, 0.4) is 0 Å². The molecule has 2 heterocycles. The Morgan fingerprint density at radius 2 is 1.51 bits per heavy atom. The predicted octanol–water partition coefficient (Wildman–Crippen LogP) is 5.09. The largest absolute Gasteiger partial charge is 0.350 e. The summed E-state index contributed by atoms with van der Waals surface area (Å²) in [5, 5.41) is 5.81. The number of nitrogens with one attached hydrogen (secondary N) is 1. The first-order valence-electron chi connectivity index (χ1n) is 11.3. The fourth-order valence-corrected chi connectivity index (χ4v) is 4.88. The van der Waals surface area contributed by atoms with Gasteiger partial charge in [0.2, 0.25) is 5.91 Å². The lowest BCUT2D eigenvalue weighted by molar-refractivity contribution is -0.124. The van der Waals surface area contributed by atoms with Crippen LogP contribution in [0, 0.1) is 6.92 Å². The van der Waals surface area contributed by atoms with E-state index < -0.39 is 17.9 Å². The molecule has 0 bridgehead atoms. The number of thiazole rings is 1. The van der Waals surface area contributed by atoms with E-state index in [1.54, 1.807) is 42.5 Å². The Bertz CT molecular complexity index is 1390. The van der Waals surface area contributed by atoms with Gasteiger partial charge >= 0.3 is 0 Å². The summed E-state index contributed by atoms with van der Waals surface area (Å²) in [4.78, 5) is 43.8. The van der Waals surface area contributed by atoms with Gasteiger partial charge in [-0.3, -0.25) is 19.3 Å². The van der Waals surface area contributed by atoms with Gasteiger partial charge in [-0.05, 0) is 31.5 Å². The van der Waals surface area contributed by atoms with Crippen LogP contribution in [0.15, 0.2) is 78.2 Å². The smallest absolute Gasteiger partial charge is 0.262 e. The average molecular weight is 482 g/mol. The lowest BCUT2D eigenvalue weighted by atomic mass is 10.1. The minimum atomic E-state index is -0.905. The minimum absolute atomic E-state index is 0.291. The van der Waals surface area contributed by atoms with E-state index in [9.17, 15) is 14.4 Å². The molecule has 6 nitrogen and oxygen atoms in total. The fourth-order valence-electron chi connectivity index (χ4n) is 4.04. The SMILES string of the molecule is Cc1ccc(-c2csc(-c3ccc(CNC(=O)C(C)N4C(=O)c5ccccc5C4=O)cc3)n2)cc1. The molecule has 35 heavy (non-hydrogen) atoms. The molecule has 1 N–H and O–H groups in total. The lowest BCUT2D eigenvalue weighted by Crippen LogP contribution is -2.47. The summed E-state index contributed by atoms with van der Waals surface area (Å²) in [5.41, 5.74) is 5.83. The Morgan fingerprint density at radius 1 is 0.914 bits per heavy atom. The summed E-state index contributed by atoms with van der Waals surface area (Å²) >= 11 is 1.59. The topological polar surface area (TPSA) is 79.4 Å². The molecule has 1 aliphatic heterocycles. The quantitative estimate of drug-likeness (QED) is 0.389. The zero-order chi connectivity index (χ0) is 24.5. The molecule has 7 heteroatoms. The summed E-state index contributed by atoms with van der Waals surface area (Å²) in [6, 6.07) is 21.8. The Labute approximate surface area is 207 Å². The van der Waals surface area contributed by atoms with E-state index in [0.717, 1.165) is 32.3 Å². The summed E-state index contributed by atoms with van der Waals surface area (Å²) in [7, 11) is 0. The van der Waals surface area contributed by atoms with Gasteiger partial charge in [-0.15, -0.1) is 11.3 Å². The minimum Gasteiger partial charge on any atom is -0.350 e. The maximum absolute atomic E-state index is 12.7. The fraction of sp³-hybridized carbons (Fsp3) is 0.143. The highest BCUT2D eigenvalue weighted by molar-refractivity contribution is 7.13. The Morgan fingerprint density at radius 3 is 2.14 bits per heavy atom. The van der Waals surface area contributed by atoms with Crippen LogP contribution < -0.4 is 5.32 Å². The van der Waals surface area contributed by atoms with Crippen molar-refractivity contribution in [1.29, 1.82) is 0 Å². The van der Waals surface area contributed by atoms with Gasteiger partial charge < -0.3 is 5.32 Å². The van der Waals surface area contributed by atoms with E-state index in [0.29, 0.717) is 17.7 Å². The maximum Gasteiger partial charge on any atom is 0.262 e. The molecular formula is C28H23N3O3S. The van der Waals surface area contributed by atoms with Crippen molar-refractivity contribution in [2.45, 2.75) is 26.4 Å². The number of carbonyl (C=O) groups is 3. The number of rotatable bonds is 6. The third-order valence-electron chi connectivity index (χ3n) is 6.11. The zero-order valence-corrected chi connectivity index (χ0v) is 20.1. The first-order valence-corrected chi connectivity index (χ1v) is 12.2. The highest BCUT2D eigenvalue weighted by Crippen LogP contribution is 2.29. The maximum atomic E-state index is 12.7. The molecule has 1 unspecified atom stereocenters. The standard InChI is InChI=1S/C28H23N3O3S/c1-17-7-11-20(12-8-17)24-16-35-26(30-24)21-13-9-19(10-14-21)15-29-25(32)18(2)31-27(33)22-5-3-4-6-23(22)28(31)34/h3-14,16,18H,15H2,1-2H3,(H,29,32). The van der Waals surface area contributed by atoms with E-state index in [1.807, 2.05) is 24.3 Å². The molecule has 0 saturated heterocycles. The van der Waals surface area contributed by atoms with Crippen LogP contribution in [0.4, 0.5) is 0 Å². The highest BCUT2D eigenvalue weighted by atomic mass is 32.1. The van der Waals surface area contributed by atoms with Crippen molar-refractivity contribution in [3.8, 4) is 21.8 Å². The molecule has 3 aromatic carbocycles. The second kappa shape index (κ2) is 9.27.